The second-order valence-electron chi connectivity index (χ2n) is 4.77. The Labute approximate surface area is 151 Å². The normalized spacial score (nSPS) is 11.6. The molecule has 0 saturated heterocycles. The molecule has 0 fully saturated rings. The first-order chi connectivity index (χ1) is 11.4. The number of halogens is 1. The van der Waals surface area contributed by atoms with E-state index >= 15 is 0 Å². The van der Waals surface area contributed by atoms with Crippen LogP contribution in [0.5, 0.6) is 0 Å². The number of nitrogens with zero attached hydrogens (tertiary/aromatic N) is 1. The monoisotopic (exact) mass is 401 g/mol. The first kappa shape index (κ1) is 17.2. The van der Waals surface area contributed by atoms with Gasteiger partial charge in [-0.25, -0.2) is 13.4 Å². The summed E-state index contributed by atoms with van der Waals surface area (Å²) in [5, 5.41) is 3.18. The second-order valence-corrected chi connectivity index (χ2v) is 9.42. The lowest BCUT2D eigenvalue weighted by Crippen LogP contribution is -2.11. The highest BCUT2D eigenvalue weighted by molar-refractivity contribution is 7.94. The van der Waals surface area contributed by atoms with Crippen LogP contribution in [-0.4, -0.2) is 19.3 Å². The maximum absolute atomic E-state index is 12.3. The van der Waals surface area contributed by atoms with Crippen LogP contribution >= 0.6 is 34.3 Å². The van der Waals surface area contributed by atoms with Gasteiger partial charge < -0.3 is 5.32 Å². The van der Waals surface area contributed by atoms with E-state index in [1.165, 1.54) is 23.5 Å². The van der Waals surface area contributed by atoms with E-state index in [1.54, 1.807) is 25.1 Å². The van der Waals surface area contributed by atoms with Crippen LogP contribution in [0.2, 0.25) is 4.34 Å². The minimum atomic E-state index is -3.69. The molecule has 0 unspecified atom stereocenters. The van der Waals surface area contributed by atoms with Gasteiger partial charge >= 0.3 is 0 Å². The lowest BCUT2D eigenvalue weighted by molar-refractivity contribution is -0.115. The molecule has 2 N–H and O–H groups in total. The highest BCUT2D eigenvalue weighted by Crippen LogP contribution is 2.30. The maximum Gasteiger partial charge on any atom is 0.271 e. The van der Waals surface area contributed by atoms with Crippen molar-refractivity contribution in [2.45, 2.75) is 17.6 Å². The van der Waals surface area contributed by atoms with Crippen molar-refractivity contribution in [2.24, 2.45) is 0 Å². The largest absolute Gasteiger partial charge is 0.302 e. The van der Waals surface area contributed by atoms with Crippen molar-refractivity contribution < 1.29 is 13.2 Å². The minimum absolute atomic E-state index is 0.121. The van der Waals surface area contributed by atoms with Gasteiger partial charge in [0.1, 0.15) is 4.21 Å². The molecule has 2 aromatic heterocycles. The predicted octanol–water partition coefficient (Wildman–Crippen LogP) is 4.16. The van der Waals surface area contributed by atoms with Gasteiger partial charge in [-0.15, -0.1) is 11.3 Å². The van der Waals surface area contributed by atoms with E-state index in [2.05, 4.69) is 15.0 Å². The Balaban J connectivity index is 1.86. The van der Waals surface area contributed by atoms with Crippen molar-refractivity contribution in [1.29, 1.82) is 0 Å². The first-order valence-electron chi connectivity index (χ1n) is 6.86. The van der Waals surface area contributed by atoms with Gasteiger partial charge in [-0.2, -0.15) is 0 Å². The number of aromatic nitrogens is 1. The average Bonchev–Trinajstić information content (AvgIpc) is 3.12. The molecular formula is C14H12ClN3O3S3. The van der Waals surface area contributed by atoms with Crippen LogP contribution < -0.4 is 10.0 Å². The number of rotatable bonds is 5. The Bertz CT molecular complexity index is 1010. The predicted molar refractivity (Wildman–Crippen MR) is 98.7 cm³/mol. The number of nitrogens with one attached hydrogen (secondary N) is 2. The third-order valence-electron chi connectivity index (χ3n) is 3.02. The number of benzene rings is 1. The zero-order valence-electron chi connectivity index (χ0n) is 12.4. The quantitative estimate of drug-likeness (QED) is 0.671. The number of anilines is 2. The van der Waals surface area contributed by atoms with E-state index in [9.17, 15) is 13.2 Å². The summed E-state index contributed by atoms with van der Waals surface area (Å²) in [6.07, 6.45) is 0.365. The van der Waals surface area contributed by atoms with E-state index in [0.717, 1.165) is 16.0 Å². The molecule has 0 spiro atoms. The van der Waals surface area contributed by atoms with Gasteiger partial charge in [0.25, 0.3) is 10.0 Å². The molecule has 1 aromatic carbocycles. The number of amides is 1. The molecule has 126 valence electrons. The number of carbonyl (C=O) groups excluding carboxylic acids is 1. The Morgan fingerprint density at radius 2 is 2.04 bits per heavy atom. The van der Waals surface area contributed by atoms with E-state index in [4.69, 9.17) is 11.6 Å². The molecular weight excluding hydrogens is 390 g/mol. The Kier molecular flexibility index (Phi) is 4.77. The fraction of sp³-hybridized carbons (Fsp3) is 0.143. The molecule has 0 saturated carbocycles. The van der Waals surface area contributed by atoms with Crippen molar-refractivity contribution in [3.05, 3.63) is 34.7 Å². The summed E-state index contributed by atoms with van der Waals surface area (Å²) in [6, 6.07) is 8.02. The Hall–Kier alpha value is -1.68. The Morgan fingerprint density at radius 1 is 1.25 bits per heavy atom. The maximum atomic E-state index is 12.3. The topological polar surface area (TPSA) is 88.2 Å². The van der Waals surface area contributed by atoms with Gasteiger partial charge in [-0.3, -0.25) is 9.52 Å². The van der Waals surface area contributed by atoms with Gasteiger partial charge in [0, 0.05) is 6.42 Å². The third kappa shape index (κ3) is 3.69. The zero-order valence-corrected chi connectivity index (χ0v) is 15.6. The lowest BCUT2D eigenvalue weighted by Gasteiger charge is -2.05. The third-order valence-corrected chi connectivity index (χ3v) is 7.08. The molecule has 24 heavy (non-hydrogen) atoms. The molecule has 0 aliphatic heterocycles. The number of hydrogen-bond donors (Lipinski definition) is 2. The van der Waals surface area contributed by atoms with Crippen molar-refractivity contribution in [3.8, 4) is 0 Å². The highest BCUT2D eigenvalue weighted by Gasteiger charge is 2.17. The molecule has 2 heterocycles. The van der Waals surface area contributed by atoms with Gasteiger partial charge in [0.15, 0.2) is 5.13 Å². The second kappa shape index (κ2) is 6.67. The van der Waals surface area contributed by atoms with Crippen LogP contribution in [0.1, 0.15) is 13.3 Å². The lowest BCUT2D eigenvalue weighted by atomic mass is 10.3. The number of thiophene rings is 1. The van der Waals surface area contributed by atoms with Gasteiger partial charge in [0.05, 0.1) is 20.2 Å². The Morgan fingerprint density at radius 3 is 2.71 bits per heavy atom. The number of fused-ring (bicyclic) bond motifs is 1. The molecule has 0 aliphatic carbocycles. The smallest absolute Gasteiger partial charge is 0.271 e. The van der Waals surface area contributed by atoms with Gasteiger partial charge in [-0.1, -0.05) is 29.9 Å². The van der Waals surface area contributed by atoms with Gasteiger partial charge in [0.2, 0.25) is 5.91 Å². The molecule has 0 atom stereocenters. The summed E-state index contributed by atoms with van der Waals surface area (Å²) >= 11 is 8.10. The summed E-state index contributed by atoms with van der Waals surface area (Å²) in [5.74, 6) is -0.121. The number of sulfonamides is 1. The molecule has 1 amide bonds. The average molecular weight is 402 g/mol. The summed E-state index contributed by atoms with van der Waals surface area (Å²) < 4.78 is 28.5. The highest BCUT2D eigenvalue weighted by atomic mass is 35.5. The minimum Gasteiger partial charge on any atom is -0.302 e. The molecule has 0 radical (unpaired) electrons. The fourth-order valence-corrected chi connectivity index (χ4v) is 5.29. The summed E-state index contributed by atoms with van der Waals surface area (Å²) in [4.78, 5) is 15.7. The van der Waals surface area contributed by atoms with Crippen LogP contribution in [0.25, 0.3) is 10.2 Å². The summed E-state index contributed by atoms with van der Waals surface area (Å²) in [7, 11) is -3.69. The molecule has 6 nitrogen and oxygen atoms in total. The van der Waals surface area contributed by atoms with Crippen molar-refractivity contribution in [2.75, 3.05) is 10.0 Å². The molecule has 10 heteroatoms. The van der Waals surface area contributed by atoms with Crippen molar-refractivity contribution >= 4 is 71.2 Å². The summed E-state index contributed by atoms with van der Waals surface area (Å²) in [5.41, 5.74) is 1.00. The molecule has 0 bridgehead atoms. The SMILES string of the molecule is CCC(=O)Nc1nc2cc(NS(=O)(=O)c3ccc(Cl)s3)ccc2s1. The number of carbonyl (C=O) groups is 1. The molecule has 3 rings (SSSR count). The van der Waals surface area contributed by atoms with E-state index in [-0.39, 0.29) is 10.1 Å². The summed E-state index contributed by atoms with van der Waals surface area (Å²) in [6.45, 7) is 1.76. The van der Waals surface area contributed by atoms with Crippen molar-refractivity contribution in [1.82, 2.24) is 4.98 Å². The molecule has 3 aromatic rings. The van der Waals surface area contributed by atoms with Crippen LogP contribution in [-0.2, 0) is 14.8 Å². The number of thiazole rings is 1. The standard InChI is InChI=1S/C14H12ClN3O3S3/c1-2-12(19)17-14-16-9-7-8(3-4-10(9)22-14)18-24(20,21)13-6-5-11(15)23-13/h3-7,18H,2H2,1H3,(H,16,17,19). The van der Waals surface area contributed by atoms with Crippen LogP contribution in [0, 0.1) is 0 Å². The molecule has 0 aliphatic rings. The zero-order chi connectivity index (χ0) is 17.3. The first-order valence-corrected chi connectivity index (χ1v) is 10.4. The van der Waals surface area contributed by atoms with Crippen LogP contribution in [0.15, 0.2) is 34.5 Å². The van der Waals surface area contributed by atoms with Crippen LogP contribution in [0.3, 0.4) is 0 Å². The van der Waals surface area contributed by atoms with E-state index in [1.807, 2.05) is 0 Å². The van der Waals surface area contributed by atoms with Crippen molar-refractivity contribution in [3.63, 3.8) is 0 Å². The van der Waals surface area contributed by atoms with E-state index < -0.39 is 10.0 Å². The fourth-order valence-electron chi connectivity index (χ4n) is 1.90. The number of hydrogen-bond acceptors (Lipinski definition) is 6. The van der Waals surface area contributed by atoms with E-state index in [0.29, 0.717) is 27.1 Å². The van der Waals surface area contributed by atoms with Gasteiger partial charge in [-0.05, 0) is 30.3 Å². The van der Waals surface area contributed by atoms with Crippen LogP contribution in [0.4, 0.5) is 10.8 Å².